The van der Waals surface area contributed by atoms with E-state index in [4.69, 9.17) is 20.1 Å². The van der Waals surface area contributed by atoms with E-state index in [0.717, 1.165) is 11.7 Å². The van der Waals surface area contributed by atoms with Crippen molar-refractivity contribution in [3.8, 4) is 0 Å². The molecule has 0 saturated carbocycles. The first-order valence-corrected chi connectivity index (χ1v) is 7.69. The molecule has 7 heteroatoms. The van der Waals surface area contributed by atoms with Crippen LogP contribution in [-0.4, -0.2) is 36.3 Å². The summed E-state index contributed by atoms with van der Waals surface area (Å²) >= 11 is 0. The van der Waals surface area contributed by atoms with Crippen LogP contribution in [0.15, 0.2) is 36.4 Å². The first-order chi connectivity index (χ1) is 11.2. The molecule has 0 aliphatic carbocycles. The average molecular weight is 327 g/mol. The van der Waals surface area contributed by atoms with Gasteiger partial charge in [-0.3, -0.25) is 10.2 Å². The average Bonchev–Trinajstić information content (AvgIpc) is 2.73. The maximum absolute atomic E-state index is 12.1. The van der Waals surface area contributed by atoms with Crippen LogP contribution in [0.3, 0.4) is 0 Å². The van der Waals surface area contributed by atoms with Crippen LogP contribution in [0.5, 0.6) is 0 Å². The summed E-state index contributed by atoms with van der Waals surface area (Å²) in [6, 6.07) is 6.91. The van der Waals surface area contributed by atoms with Gasteiger partial charge in [0.15, 0.2) is 0 Å². The lowest BCUT2D eigenvalue weighted by molar-refractivity contribution is 0.00578. The third kappa shape index (κ3) is 3.80. The van der Waals surface area contributed by atoms with Crippen molar-refractivity contribution in [3.63, 3.8) is 0 Å². The number of nitrogens with one attached hydrogen (secondary N) is 3. The highest BCUT2D eigenvalue weighted by Gasteiger charge is 2.51. The number of allylic oxidation sites excluding steroid dienone is 1. The first-order valence-electron chi connectivity index (χ1n) is 7.69. The molecule has 0 aromatic heterocycles. The summed E-state index contributed by atoms with van der Waals surface area (Å²) in [4.78, 5) is 12.1. The highest BCUT2D eigenvalue weighted by atomic mass is 16.7. The highest BCUT2D eigenvalue weighted by Crippen LogP contribution is 2.36. The predicted octanol–water partition coefficient (Wildman–Crippen LogP) is 1.90. The third-order valence-corrected chi connectivity index (χ3v) is 4.31. The molecule has 1 aliphatic heterocycles. The molecular weight excluding hydrogens is 305 g/mol. The lowest BCUT2D eigenvalue weighted by Gasteiger charge is -2.32. The van der Waals surface area contributed by atoms with Gasteiger partial charge in [0, 0.05) is 11.8 Å². The van der Waals surface area contributed by atoms with Crippen LogP contribution < -0.4 is 10.8 Å². The smallest absolute Gasteiger partial charge is 0.399 e. The zero-order valence-corrected chi connectivity index (χ0v) is 14.3. The van der Waals surface area contributed by atoms with Gasteiger partial charge in [-0.1, -0.05) is 12.1 Å². The molecule has 0 unspecified atom stereocenters. The molecule has 6 nitrogen and oxygen atoms in total. The van der Waals surface area contributed by atoms with Crippen LogP contribution in [0.1, 0.15) is 38.1 Å². The minimum atomic E-state index is -0.471. The zero-order chi connectivity index (χ0) is 18.0. The Morgan fingerprint density at radius 3 is 2.17 bits per heavy atom. The molecule has 1 fully saturated rings. The minimum absolute atomic E-state index is 0.0708. The highest BCUT2D eigenvalue weighted by molar-refractivity contribution is 6.62. The monoisotopic (exact) mass is 327 g/mol. The topological polar surface area (TPSA) is 95.3 Å². The van der Waals surface area contributed by atoms with Gasteiger partial charge in [0.2, 0.25) is 0 Å². The fourth-order valence-corrected chi connectivity index (χ4v) is 2.15. The molecule has 24 heavy (non-hydrogen) atoms. The fourth-order valence-electron chi connectivity index (χ4n) is 2.15. The fraction of sp³-hybridized carbons (Fsp3) is 0.353. The number of carbonyl (C=O) groups excluding carboxylic acids is 1. The molecular formula is C17H22BN3O3. The van der Waals surface area contributed by atoms with E-state index in [1.54, 1.807) is 24.3 Å². The van der Waals surface area contributed by atoms with Crippen molar-refractivity contribution in [2.75, 3.05) is 0 Å². The number of hydrogen-bond donors (Lipinski definition) is 3. The number of rotatable bonds is 4. The molecule has 0 bridgehead atoms. The Hall–Kier alpha value is -2.25. The maximum Gasteiger partial charge on any atom is 0.494 e. The molecule has 1 aromatic rings. The van der Waals surface area contributed by atoms with Crippen molar-refractivity contribution in [1.29, 1.82) is 10.8 Å². The van der Waals surface area contributed by atoms with E-state index >= 15 is 0 Å². The van der Waals surface area contributed by atoms with E-state index in [0.29, 0.717) is 5.56 Å². The Morgan fingerprint density at radius 2 is 1.67 bits per heavy atom. The Labute approximate surface area is 142 Å². The Bertz CT molecular complexity index is 665. The Morgan fingerprint density at radius 1 is 1.12 bits per heavy atom. The van der Waals surface area contributed by atoms with Gasteiger partial charge in [-0.2, -0.15) is 0 Å². The van der Waals surface area contributed by atoms with Crippen LogP contribution in [0.2, 0.25) is 0 Å². The van der Waals surface area contributed by atoms with E-state index in [9.17, 15) is 4.79 Å². The number of amidine groups is 1. The second-order valence-electron chi connectivity index (χ2n) is 6.60. The van der Waals surface area contributed by atoms with E-state index in [1.807, 2.05) is 27.7 Å². The van der Waals surface area contributed by atoms with Crippen molar-refractivity contribution < 1.29 is 14.1 Å². The summed E-state index contributed by atoms with van der Waals surface area (Å²) in [5.41, 5.74) is 0.445. The van der Waals surface area contributed by atoms with Crippen molar-refractivity contribution >= 4 is 30.5 Å². The van der Waals surface area contributed by atoms with Gasteiger partial charge < -0.3 is 20.0 Å². The molecule has 3 N–H and O–H groups in total. The van der Waals surface area contributed by atoms with E-state index in [1.165, 1.54) is 12.2 Å². The van der Waals surface area contributed by atoms with Crippen LogP contribution >= 0.6 is 0 Å². The van der Waals surface area contributed by atoms with Gasteiger partial charge in [0.1, 0.15) is 5.84 Å². The molecule has 0 spiro atoms. The molecule has 126 valence electrons. The van der Waals surface area contributed by atoms with Gasteiger partial charge in [-0.25, -0.2) is 0 Å². The first kappa shape index (κ1) is 18.1. The van der Waals surface area contributed by atoms with Crippen LogP contribution in [0.4, 0.5) is 0 Å². The van der Waals surface area contributed by atoms with Gasteiger partial charge >= 0.3 is 7.12 Å². The van der Waals surface area contributed by atoms with E-state index < -0.39 is 18.3 Å². The van der Waals surface area contributed by atoms with Crippen LogP contribution in [0.25, 0.3) is 0 Å². The normalized spacial score (nSPS) is 18.6. The molecule has 0 radical (unpaired) electrons. The predicted molar refractivity (Wildman–Crippen MR) is 95.3 cm³/mol. The van der Waals surface area contributed by atoms with Gasteiger partial charge in [-0.05, 0) is 57.4 Å². The van der Waals surface area contributed by atoms with E-state index in [2.05, 4.69) is 5.32 Å². The third-order valence-electron chi connectivity index (χ3n) is 4.31. The van der Waals surface area contributed by atoms with Crippen molar-refractivity contribution in [1.82, 2.24) is 5.32 Å². The summed E-state index contributed by atoms with van der Waals surface area (Å²) in [5, 5.41) is 16.9. The molecule has 1 saturated heterocycles. The molecule has 1 aliphatic rings. The number of amides is 1. The SMILES string of the molecule is CC1(C)OB(c2ccc(C(=O)NC(=N)/C=C\C=N)cc2)OC1(C)C. The zero-order valence-electron chi connectivity index (χ0n) is 14.3. The second kappa shape index (κ2) is 6.71. The summed E-state index contributed by atoms with van der Waals surface area (Å²) in [7, 11) is -0.471. The van der Waals surface area contributed by atoms with Crippen LogP contribution in [0, 0.1) is 10.8 Å². The van der Waals surface area contributed by atoms with Gasteiger partial charge in [0.25, 0.3) is 5.91 Å². The van der Waals surface area contributed by atoms with Crippen molar-refractivity contribution in [2.45, 2.75) is 38.9 Å². The van der Waals surface area contributed by atoms with E-state index in [-0.39, 0.29) is 11.7 Å². The summed E-state index contributed by atoms with van der Waals surface area (Å²) in [6.07, 6.45) is 3.74. The quantitative estimate of drug-likeness (QED) is 0.448. The summed E-state index contributed by atoms with van der Waals surface area (Å²) < 4.78 is 11.9. The number of hydrogen-bond acceptors (Lipinski definition) is 5. The second-order valence-corrected chi connectivity index (χ2v) is 6.60. The Kier molecular flexibility index (Phi) is 5.06. The molecule has 1 heterocycles. The van der Waals surface area contributed by atoms with Crippen molar-refractivity contribution in [3.05, 3.63) is 42.0 Å². The largest absolute Gasteiger partial charge is 0.494 e. The molecule has 1 aromatic carbocycles. The molecule has 2 rings (SSSR count). The van der Waals surface area contributed by atoms with Gasteiger partial charge in [0.05, 0.1) is 11.2 Å². The lowest BCUT2D eigenvalue weighted by Crippen LogP contribution is -2.41. The van der Waals surface area contributed by atoms with Crippen molar-refractivity contribution in [2.24, 2.45) is 0 Å². The summed E-state index contributed by atoms with van der Waals surface area (Å²) in [5.74, 6) is -0.450. The molecule has 0 atom stereocenters. The standard InChI is InChI=1S/C17H22BN3O3/c1-16(2)17(3,4)24-18(23-16)13-9-7-12(8-10-13)15(22)21-14(20)6-5-11-19/h5-11,19H,1-4H3,(H2,20,21,22)/b6-5-,19-11?. The number of benzene rings is 1. The van der Waals surface area contributed by atoms with Crippen LogP contribution in [-0.2, 0) is 9.31 Å². The number of carbonyl (C=O) groups is 1. The molecule has 1 amide bonds. The van der Waals surface area contributed by atoms with Gasteiger partial charge in [-0.15, -0.1) is 0 Å². The summed E-state index contributed by atoms with van der Waals surface area (Å²) in [6.45, 7) is 7.95. The maximum atomic E-state index is 12.1. The Balaban J connectivity index is 2.06. The lowest BCUT2D eigenvalue weighted by atomic mass is 9.79. The minimum Gasteiger partial charge on any atom is -0.399 e.